The highest BCUT2D eigenvalue weighted by Crippen LogP contribution is 2.34. The summed E-state index contributed by atoms with van der Waals surface area (Å²) in [4.78, 5) is 23.9. The van der Waals surface area contributed by atoms with Gasteiger partial charge < -0.3 is 19.9 Å². The molecule has 0 heterocycles. The highest BCUT2D eigenvalue weighted by atomic mass is 16.5. The van der Waals surface area contributed by atoms with Crippen molar-refractivity contribution in [3.05, 3.63) is 24.3 Å². The fraction of sp³-hybridized carbons (Fsp3) is 0.556. The Hall–Kier alpha value is -2.24. The van der Waals surface area contributed by atoms with E-state index >= 15 is 0 Å². The Balaban J connectivity index is 1.95. The second kappa shape index (κ2) is 8.04. The van der Waals surface area contributed by atoms with Crippen LogP contribution < -0.4 is 14.8 Å². The van der Waals surface area contributed by atoms with Gasteiger partial charge in [-0.05, 0) is 43.7 Å². The molecule has 0 aromatic heterocycles. The smallest absolute Gasteiger partial charge is 0.329 e. The predicted octanol–water partition coefficient (Wildman–Crippen LogP) is 2.61. The molecule has 1 aromatic rings. The minimum atomic E-state index is -1.17. The molecule has 1 fully saturated rings. The van der Waals surface area contributed by atoms with Gasteiger partial charge in [0.25, 0.3) is 5.91 Å². The normalized spacial score (nSPS) is 23.3. The third kappa shape index (κ3) is 4.19. The van der Waals surface area contributed by atoms with Crippen molar-refractivity contribution in [2.75, 3.05) is 13.7 Å². The molecule has 6 heteroatoms. The number of hydrogen-bond donors (Lipinski definition) is 2. The summed E-state index contributed by atoms with van der Waals surface area (Å²) >= 11 is 0. The lowest BCUT2D eigenvalue weighted by molar-refractivity contribution is -0.150. The molecular formula is C18H25NO5. The maximum Gasteiger partial charge on any atom is 0.329 e. The molecule has 132 valence electrons. The topological polar surface area (TPSA) is 84.9 Å². The van der Waals surface area contributed by atoms with Gasteiger partial charge in [0.1, 0.15) is 5.54 Å². The maximum atomic E-state index is 12.2. The number of methoxy groups -OCH3 is 1. The predicted molar refractivity (Wildman–Crippen MR) is 89.2 cm³/mol. The van der Waals surface area contributed by atoms with Crippen LogP contribution in [-0.2, 0) is 9.59 Å². The number of carboxylic acids is 1. The molecular weight excluding hydrogens is 310 g/mol. The van der Waals surface area contributed by atoms with Crippen LogP contribution in [0.5, 0.6) is 11.5 Å². The summed E-state index contributed by atoms with van der Waals surface area (Å²) in [6.45, 7) is 1.87. The van der Waals surface area contributed by atoms with Gasteiger partial charge in [0.15, 0.2) is 18.1 Å². The number of carbonyl (C=O) groups excluding carboxylic acids is 1. The molecule has 0 spiro atoms. The minimum Gasteiger partial charge on any atom is -0.493 e. The molecule has 24 heavy (non-hydrogen) atoms. The average Bonchev–Trinajstić information content (AvgIpc) is 2.60. The van der Waals surface area contributed by atoms with Gasteiger partial charge in [0, 0.05) is 0 Å². The third-order valence-corrected chi connectivity index (χ3v) is 4.75. The van der Waals surface area contributed by atoms with Crippen LogP contribution in [0.4, 0.5) is 0 Å². The molecule has 1 aliphatic rings. The van der Waals surface area contributed by atoms with Crippen molar-refractivity contribution >= 4 is 11.9 Å². The third-order valence-electron chi connectivity index (χ3n) is 4.75. The Bertz CT molecular complexity index is 579. The summed E-state index contributed by atoms with van der Waals surface area (Å²) in [6, 6.07) is 7.02. The highest BCUT2D eigenvalue weighted by molar-refractivity contribution is 5.87. The van der Waals surface area contributed by atoms with Gasteiger partial charge in [-0.15, -0.1) is 0 Å². The number of benzene rings is 1. The first kappa shape index (κ1) is 18.1. The fourth-order valence-electron chi connectivity index (χ4n) is 3.16. The summed E-state index contributed by atoms with van der Waals surface area (Å²) in [6.07, 6.45) is 3.59. The van der Waals surface area contributed by atoms with Crippen molar-refractivity contribution in [3.8, 4) is 11.5 Å². The second-order valence-corrected chi connectivity index (χ2v) is 6.23. The first-order chi connectivity index (χ1) is 11.5. The van der Waals surface area contributed by atoms with Gasteiger partial charge in [-0.3, -0.25) is 4.79 Å². The highest BCUT2D eigenvalue weighted by Gasteiger charge is 2.42. The van der Waals surface area contributed by atoms with Crippen LogP contribution >= 0.6 is 0 Å². The Labute approximate surface area is 142 Å². The molecule has 2 rings (SSSR count). The summed E-state index contributed by atoms with van der Waals surface area (Å²) in [5, 5.41) is 12.3. The lowest BCUT2D eigenvalue weighted by Crippen LogP contribution is -2.57. The number of para-hydroxylation sites is 2. The van der Waals surface area contributed by atoms with E-state index in [1.807, 2.05) is 0 Å². The largest absolute Gasteiger partial charge is 0.493 e. The Morgan fingerprint density at radius 2 is 1.88 bits per heavy atom. The zero-order chi connectivity index (χ0) is 17.6. The number of carbonyl (C=O) groups is 2. The number of ether oxygens (including phenoxy) is 2. The zero-order valence-electron chi connectivity index (χ0n) is 14.2. The zero-order valence-corrected chi connectivity index (χ0v) is 14.2. The van der Waals surface area contributed by atoms with E-state index in [1.54, 1.807) is 24.3 Å². The molecule has 0 radical (unpaired) electrons. The van der Waals surface area contributed by atoms with Crippen molar-refractivity contribution in [2.45, 2.75) is 44.6 Å². The van der Waals surface area contributed by atoms with Crippen LogP contribution in [0.1, 0.15) is 39.0 Å². The van der Waals surface area contributed by atoms with E-state index in [0.717, 1.165) is 19.3 Å². The molecule has 0 saturated heterocycles. The summed E-state index contributed by atoms with van der Waals surface area (Å²) < 4.78 is 10.6. The SMILES string of the molecule is CCC1CCC(NC(=O)COc2ccccc2OC)(C(=O)O)CC1. The number of carboxylic acid groups (broad SMARTS) is 1. The number of hydrogen-bond acceptors (Lipinski definition) is 4. The molecule has 2 N–H and O–H groups in total. The van der Waals surface area contributed by atoms with Crippen molar-refractivity contribution in [2.24, 2.45) is 5.92 Å². The van der Waals surface area contributed by atoms with E-state index in [1.165, 1.54) is 7.11 Å². The van der Waals surface area contributed by atoms with Crippen LogP contribution in [0.15, 0.2) is 24.3 Å². The number of nitrogens with one attached hydrogen (secondary N) is 1. The fourth-order valence-corrected chi connectivity index (χ4v) is 3.16. The number of aliphatic carboxylic acids is 1. The van der Waals surface area contributed by atoms with Crippen LogP contribution in [0, 0.1) is 5.92 Å². The van der Waals surface area contributed by atoms with E-state index in [-0.39, 0.29) is 6.61 Å². The number of amides is 1. The van der Waals surface area contributed by atoms with E-state index in [2.05, 4.69) is 12.2 Å². The standard InChI is InChI=1S/C18H25NO5/c1-3-13-8-10-18(11-9-13,17(21)22)19-16(20)12-24-15-7-5-4-6-14(15)23-2/h4-7,13H,3,8-12H2,1-2H3,(H,19,20)(H,21,22). The second-order valence-electron chi connectivity index (χ2n) is 6.23. The van der Waals surface area contributed by atoms with Gasteiger partial charge >= 0.3 is 5.97 Å². The Morgan fingerprint density at radius 3 is 2.42 bits per heavy atom. The van der Waals surface area contributed by atoms with E-state index in [9.17, 15) is 14.7 Å². The van der Waals surface area contributed by atoms with Gasteiger partial charge in [0.05, 0.1) is 7.11 Å². The van der Waals surface area contributed by atoms with E-state index in [4.69, 9.17) is 9.47 Å². The van der Waals surface area contributed by atoms with Crippen LogP contribution in [-0.4, -0.2) is 36.2 Å². The maximum absolute atomic E-state index is 12.2. The summed E-state index contributed by atoms with van der Waals surface area (Å²) in [7, 11) is 1.52. The Kier molecular flexibility index (Phi) is 6.06. The monoisotopic (exact) mass is 335 g/mol. The van der Waals surface area contributed by atoms with E-state index in [0.29, 0.717) is 30.3 Å². The quantitative estimate of drug-likeness (QED) is 0.800. The van der Waals surface area contributed by atoms with Crippen molar-refractivity contribution in [3.63, 3.8) is 0 Å². The lowest BCUT2D eigenvalue weighted by atomic mass is 9.75. The summed E-state index contributed by atoms with van der Waals surface area (Å²) in [5.74, 6) is 0.121. The molecule has 1 saturated carbocycles. The van der Waals surface area contributed by atoms with Crippen molar-refractivity contribution < 1.29 is 24.2 Å². The van der Waals surface area contributed by atoms with Crippen LogP contribution in [0.25, 0.3) is 0 Å². The van der Waals surface area contributed by atoms with Crippen molar-refractivity contribution in [1.82, 2.24) is 5.32 Å². The van der Waals surface area contributed by atoms with Gasteiger partial charge in [-0.25, -0.2) is 4.79 Å². The molecule has 0 atom stereocenters. The molecule has 1 amide bonds. The van der Waals surface area contributed by atoms with E-state index < -0.39 is 17.4 Å². The molecule has 1 aliphatic carbocycles. The molecule has 1 aromatic carbocycles. The number of rotatable bonds is 7. The van der Waals surface area contributed by atoms with Gasteiger partial charge in [0.2, 0.25) is 0 Å². The first-order valence-electron chi connectivity index (χ1n) is 8.31. The first-order valence-corrected chi connectivity index (χ1v) is 8.31. The molecule has 0 aliphatic heterocycles. The molecule has 6 nitrogen and oxygen atoms in total. The summed E-state index contributed by atoms with van der Waals surface area (Å²) in [5.41, 5.74) is -1.17. The van der Waals surface area contributed by atoms with Crippen LogP contribution in [0.3, 0.4) is 0 Å². The molecule has 0 bridgehead atoms. The average molecular weight is 335 g/mol. The van der Waals surface area contributed by atoms with Crippen LogP contribution in [0.2, 0.25) is 0 Å². The van der Waals surface area contributed by atoms with Gasteiger partial charge in [-0.2, -0.15) is 0 Å². The molecule has 0 unspecified atom stereocenters. The lowest BCUT2D eigenvalue weighted by Gasteiger charge is -2.37. The minimum absolute atomic E-state index is 0.243. The Morgan fingerprint density at radius 1 is 1.25 bits per heavy atom. The van der Waals surface area contributed by atoms with Crippen molar-refractivity contribution in [1.29, 1.82) is 0 Å². The van der Waals surface area contributed by atoms with Gasteiger partial charge in [-0.1, -0.05) is 25.5 Å².